The Labute approximate surface area is 106 Å². The predicted molar refractivity (Wildman–Crippen MR) is 66.2 cm³/mol. The second-order valence-electron chi connectivity index (χ2n) is 4.03. The van der Waals surface area contributed by atoms with Crippen molar-refractivity contribution in [2.45, 2.75) is 18.9 Å². The predicted octanol–water partition coefficient (Wildman–Crippen LogP) is 2.22. The molecule has 0 saturated carbocycles. The van der Waals surface area contributed by atoms with E-state index in [4.69, 9.17) is 21.6 Å². The highest BCUT2D eigenvalue weighted by Crippen LogP contribution is 2.28. The van der Waals surface area contributed by atoms with Gasteiger partial charge < -0.3 is 9.64 Å². The zero-order valence-electron chi connectivity index (χ0n) is 9.69. The molecule has 2 rings (SSSR count). The molecule has 1 aromatic heterocycles. The van der Waals surface area contributed by atoms with Crippen LogP contribution in [0.15, 0.2) is 12.3 Å². The third-order valence-electron chi connectivity index (χ3n) is 3.07. The van der Waals surface area contributed by atoms with Gasteiger partial charge in [-0.25, -0.2) is 4.98 Å². The van der Waals surface area contributed by atoms with Gasteiger partial charge in [0.05, 0.1) is 11.7 Å². The van der Waals surface area contributed by atoms with Gasteiger partial charge in [-0.05, 0) is 18.9 Å². The number of nitrogens with zero attached hydrogens (tertiary/aromatic N) is 3. The third kappa shape index (κ3) is 2.51. The van der Waals surface area contributed by atoms with Crippen LogP contribution in [0.2, 0.25) is 5.02 Å². The van der Waals surface area contributed by atoms with Crippen molar-refractivity contribution in [1.29, 1.82) is 5.26 Å². The van der Waals surface area contributed by atoms with Crippen LogP contribution in [0.5, 0.6) is 0 Å². The first-order valence-corrected chi connectivity index (χ1v) is 5.96. The zero-order chi connectivity index (χ0) is 12.3. The van der Waals surface area contributed by atoms with E-state index in [1.807, 2.05) is 0 Å². The van der Waals surface area contributed by atoms with Crippen LogP contribution in [0.4, 0.5) is 5.82 Å². The molecule has 0 aromatic carbocycles. The first-order chi connectivity index (χ1) is 8.26. The van der Waals surface area contributed by atoms with Crippen molar-refractivity contribution in [1.82, 2.24) is 4.98 Å². The average Bonchev–Trinajstić information content (AvgIpc) is 2.39. The molecule has 1 fully saturated rings. The quantitative estimate of drug-likeness (QED) is 0.809. The van der Waals surface area contributed by atoms with Crippen molar-refractivity contribution >= 4 is 17.4 Å². The van der Waals surface area contributed by atoms with Crippen molar-refractivity contribution < 1.29 is 4.74 Å². The summed E-state index contributed by atoms with van der Waals surface area (Å²) >= 11 is 6.15. The molecule has 4 nitrogen and oxygen atoms in total. The van der Waals surface area contributed by atoms with Crippen molar-refractivity contribution in [2.24, 2.45) is 0 Å². The lowest BCUT2D eigenvalue weighted by Crippen LogP contribution is -2.37. The van der Waals surface area contributed by atoms with E-state index in [0.29, 0.717) is 22.5 Å². The van der Waals surface area contributed by atoms with Crippen LogP contribution in [-0.4, -0.2) is 31.3 Å². The standard InChI is InChI=1S/C12H14ClN3O/c1-17-10-3-6-16(7-4-10)12-11(13)9(8-14)2-5-15-12/h2,5,10H,3-4,6-7H2,1H3. The molecular formula is C12H14ClN3O. The van der Waals surface area contributed by atoms with Gasteiger partial charge in [0.25, 0.3) is 0 Å². The maximum atomic E-state index is 8.92. The molecule has 1 saturated heterocycles. The van der Waals surface area contributed by atoms with Crippen LogP contribution in [0.25, 0.3) is 0 Å². The second kappa shape index (κ2) is 5.35. The zero-order valence-corrected chi connectivity index (χ0v) is 10.4. The van der Waals surface area contributed by atoms with Gasteiger partial charge in [0, 0.05) is 26.4 Å². The molecule has 1 aliphatic rings. The van der Waals surface area contributed by atoms with Gasteiger partial charge in [0.1, 0.15) is 16.9 Å². The third-order valence-corrected chi connectivity index (χ3v) is 3.44. The molecule has 0 amide bonds. The van der Waals surface area contributed by atoms with Gasteiger partial charge in [-0.1, -0.05) is 11.6 Å². The fourth-order valence-electron chi connectivity index (χ4n) is 2.04. The van der Waals surface area contributed by atoms with Crippen molar-refractivity contribution in [2.75, 3.05) is 25.1 Å². The molecule has 0 aliphatic carbocycles. The fraction of sp³-hybridized carbons (Fsp3) is 0.500. The lowest BCUT2D eigenvalue weighted by molar-refractivity contribution is 0.0818. The first-order valence-electron chi connectivity index (χ1n) is 5.58. The summed E-state index contributed by atoms with van der Waals surface area (Å²) in [4.78, 5) is 6.37. The van der Waals surface area contributed by atoms with E-state index in [9.17, 15) is 0 Å². The Balaban J connectivity index is 2.16. The van der Waals surface area contributed by atoms with Gasteiger partial charge in [-0.15, -0.1) is 0 Å². The maximum absolute atomic E-state index is 8.92. The maximum Gasteiger partial charge on any atom is 0.148 e. The summed E-state index contributed by atoms with van der Waals surface area (Å²) in [5.41, 5.74) is 0.477. The summed E-state index contributed by atoms with van der Waals surface area (Å²) in [6, 6.07) is 3.70. The van der Waals surface area contributed by atoms with E-state index in [0.717, 1.165) is 25.9 Å². The summed E-state index contributed by atoms with van der Waals surface area (Å²) in [5, 5.41) is 9.37. The normalized spacial score (nSPS) is 16.9. The summed E-state index contributed by atoms with van der Waals surface area (Å²) in [6.45, 7) is 1.72. The monoisotopic (exact) mass is 251 g/mol. The Morgan fingerprint density at radius 2 is 2.24 bits per heavy atom. The van der Waals surface area contributed by atoms with Gasteiger partial charge in [-0.3, -0.25) is 0 Å². The second-order valence-corrected chi connectivity index (χ2v) is 4.41. The average molecular weight is 252 g/mol. The van der Waals surface area contributed by atoms with Gasteiger partial charge in [0.15, 0.2) is 0 Å². The van der Waals surface area contributed by atoms with Gasteiger partial charge >= 0.3 is 0 Å². The smallest absolute Gasteiger partial charge is 0.148 e. The number of rotatable bonds is 2. The minimum Gasteiger partial charge on any atom is -0.381 e. The summed E-state index contributed by atoms with van der Waals surface area (Å²) in [6.07, 6.45) is 3.88. The molecule has 2 heterocycles. The molecular weight excluding hydrogens is 238 g/mol. The molecule has 5 heteroatoms. The highest BCUT2D eigenvalue weighted by atomic mass is 35.5. The Hall–Kier alpha value is -1.31. The highest BCUT2D eigenvalue weighted by molar-refractivity contribution is 6.34. The van der Waals surface area contributed by atoms with Gasteiger partial charge in [-0.2, -0.15) is 5.26 Å². The first kappa shape index (κ1) is 12.2. The van der Waals surface area contributed by atoms with Crippen LogP contribution in [-0.2, 0) is 4.74 Å². The van der Waals surface area contributed by atoms with Crippen LogP contribution < -0.4 is 4.90 Å². The lowest BCUT2D eigenvalue weighted by atomic mass is 10.1. The summed E-state index contributed by atoms with van der Waals surface area (Å²) in [7, 11) is 1.74. The van der Waals surface area contributed by atoms with E-state index in [1.54, 1.807) is 19.4 Å². The Bertz CT molecular complexity index is 436. The molecule has 0 atom stereocenters. The highest BCUT2D eigenvalue weighted by Gasteiger charge is 2.22. The fourth-order valence-corrected chi connectivity index (χ4v) is 2.32. The Morgan fingerprint density at radius 1 is 1.53 bits per heavy atom. The molecule has 0 unspecified atom stereocenters. The van der Waals surface area contributed by atoms with Crippen molar-refractivity contribution in [3.05, 3.63) is 22.8 Å². The van der Waals surface area contributed by atoms with Crippen LogP contribution >= 0.6 is 11.6 Å². The number of ether oxygens (including phenoxy) is 1. The minimum absolute atomic E-state index is 0.323. The minimum atomic E-state index is 0.323. The van der Waals surface area contributed by atoms with Crippen LogP contribution in [0.3, 0.4) is 0 Å². The van der Waals surface area contributed by atoms with E-state index in [2.05, 4.69) is 16.0 Å². The summed E-state index contributed by atoms with van der Waals surface area (Å²) in [5.74, 6) is 0.709. The number of methoxy groups -OCH3 is 1. The molecule has 17 heavy (non-hydrogen) atoms. The molecule has 0 spiro atoms. The number of pyridine rings is 1. The van der Waals surface area contributed by atoms with E-state index in [-0.39, 0.29) is 0 Å². The lowest BCUT2D eigenvalue weighted by Gasteiger charge is -2.32. The Morgan fingerprint density at radius 3 is 2.82 bits per heavy atom. The topological polar surface area (TPSA) is 49.1 Å². The molecule has 0 N–H and O–H groups in total. The van der Waals surface area contributed by atoms with Crippen LogP contribution in [0, 0.1) is 11.3 Å². The van der Waals surface area contributed by atoms with Gasteiger partial charge in [0.2, 0.25) is 0 Å². The number of halogens is 1. The number of aromatic nitrogens is 1. The number of nitriles is 1. The largest absolute Gasteiger partial charge is 0.381 e. The molecule has 0 radical (unpaired) electrons. The molecule has 1 aromatic rings. The summed E-state index contributed by atoms with van der Waals surface area (Å²) < 4.78 is 5.32. The van der Waals surface area contributed by atoms with Crippen molar-refractivity contribution in [3.63, 3.8) is 0 Å². The van der Waals surface area contributed by atoms with E-state index >= 15 is 0 Å². The molecule has 90 valence electrons. The SMILES string of the molecule is COC1CCN(c2nccc(C#N)c2Cl)CC1. The molecule has 1 aliphatic heterocycles. The number of piperidine rings is 1. The number of hydrogen-bond donors (Lipinski definition) is 0. The molecule has 0 bridgehead atoms. The number of hydrogen-bond acceptors (Lipinski definition) is 4. The van der Waals surface area contributed by atoms with Crippen LogP contribution in [0.1, 0.15) is 18.4 Å². The van der Waals surface area contributed by atoms with E-state index < -0.39 is 0 Å². The number of anilines is 1. The van der Waals surface area contributed by atoms with Crippen molar-refractivity contribution in [3.8, 4) is 6.07 Å². The van der Waals surface area contributed by atoms with E-state index in [1.165, 1.54) is 0 Å². The Kier molecular flexibility index (Phi) is 3.82.